The van der Waals surface area contributed by atoms with Crippen molar-refractivity contribution in [3.05, 3.63) is 130 Å². The minimum absolute atomic E-state index is 0.222. The highest BCUT2D eigenvalue weighted by atomic mass is 31.1. The molecule has 0 heterocycles. The largest absolute Gasteiger partial charge is 0.440 e. The Morgan fingerprint density at radius 1 is 0.409 bits per heavy atom. The molecule has 6 rings (SSSR count). The van der Waals surface area contributed by atoms with Crippen molar-refractivity contribution in [1.29, 1.82) is 0 Å². The van der Waals surface area contributed by atoms with Crippen LogP contribution >= 0.6 is 18.1 Å². The van der Waals surface area contributed by atoms with E-state index in [1.807, 2.05) is 48.5 Å². The Hall–Kier alpha value is -4.10. The van der Waals surface area contributed by atoms with Gasteiger partial charge in [-0.25, -0.2) is 0 Å². The second-order valence-corrected chi connectivity index (χ2v) is 12.4. The molecule has 6 aromatic rings. The fourth-order valence-electron chi connectivity index (χ4n) is 5.78. The van der Waals surface area contributed by atoms with Crippen LogP contribution in [0.25, 0.3) is 32.7 Å². The Labute approximate surface area is 263 Å². The monoisotopic (exact) mass is 618 g/mol. The molecule has 222 valence electrons. The minimum atomic E-state index is -0.222. The molecule has 6 heteroatoms. The first-order valence-electron chi connectivity index (χ1n) is 14.7. The van der Waals surface area contributed by atoms with E-state index in [4.69, 9.17) is 18.1 Å². The Balaban J connectivity index is 1.35. The first-order chi connectivity index (χ1) is 21.3. The molecule has 0 saturated carbocycles. The van der Waals surface area contributed by atoms with Crippen LogP contribution in [0.1, 0.15) is 33.4 Å². The predicted octanol–water partition coefficient (Wildman–Crippen LogP) is 11.4. The lowest BCUT2D eigenvalue weighted by Gasteiger charge is -2.24. The summed E-state index contributed by atoms with van der Waals surface area (Å²) in [5, 5.41) is 4.40. The van der Waals surface area contributed by atoms with Crippen LogP contribution in [0, 0.1) is 41.5 Å². The SMILES string of the molecule is Cc1cc(C)c(OPOc2cccc3ccccc23)c(-c2c(C)c(C)cc(C)c2OPOc2cccc3ccccc23)c1C. The number of fused-ring (bicyclic) bond motifs is 2. The smallest absolute Gasteiger partial charge is 0.275 e. The Morgan fingerprint density at radius 2 is 0.795 bits per heavy atom. The van der Waals surface area contributed by atoms with E-state index < -0.39 is 0 Å². The van der Waals surface area contributed by atoms with Gasteiger partial charge >= 0.3 is 0 Å². The van der Waals surface area contributed by atoms with Gasteiger partial charge in [0, 0.05) is 21.9 Å². The van der Waals surface area contributed by atoms with E-state index in [2.05, 4.69) is 90.1 Å². The van der Waals surface area contributed by atoms with Crippen molar-refractivity contribution in [3.8, 4) is 34.1 Å². The van der Waals surface area contributed by atoms with Crippen LogP contribution in [0.15, 0.2) is 97.1 Å². The zero-order valence-electron chi connectivity index (χ0n) is 25.9. The summed E-state index contributed by atoms with van der Waals surface area (Å²) in [5.41, 5.74) is 8.86. The van der Waals surface area contributed by atoms with Crippen molar-refractivity contribution < 1.29 is 18.1 Å². The van der Waals surface area contributed by atoms with E-state index in [9.17, 15) is 0 Å². The third kappa shape index (κ3) is 5.85. The molecule has 0 fully saturated rings. The van der Waals surface area contributed by atoms with Crippen LogP contribution in [0.3, 0.4) is 0 Å². The van der Waals surface area contributed by atoms with Crippen molar-refractivity contribution in [2.24, 2.45) is 0 Å². The van der Waals surface area contributed by atoms with Gasteiger partial charge in [-0.15, -0.1) is 0 Å². The van der Waals surface area contributed by atoms with Crippen molar-refractivity contribution in [2.75, 3.05) is 0 Å². The molecule has 6 aromatic carbocycles. The van der Waals surface area contributed by atoms with Crippen LogP contribution in [0.5, 0.6) is 23.0 Å². The molecule has 0 spiro atoms. The molecular weight excluding hydrogens is 582 g/mol. The fraction of sp³-hybridized carbons (Fsp3) is 0.158. The van der Waals surface area contributed by atoms with Gasteiger partial charge in [-0.2, -0.15) is 0 Å². The number of rotatable bonds is 9. The maximum Gasteiger partial charge on any atom is 0.275 e. The summed E-state index contributed by atoms with van der Waals surface area (Å²) in [6.07, 6.45) is 0. The maximum atomic E-state index is 6.54. The van der Waals surface area contributed by atoms with Gasteiger partial charge in [0.1, 0.15) is 23.0 Å². The van der Waals surface area contributed by atoms with Gasteiger partial charge in [-0.1, -0.05) is 84.9 Å². The standard InChI is InChI=1S/C38H36O4P2/c1-23-21-25(3)37(41-43-39-33-19-11-15-29-13-7-9-17-31(29)33)35(27(23)5)36-28(6)24(2)22-26(4)38(36)42-44-40-34-20-12-16-30-14-8-10-18-32(30)34/h7-22,43-44H,1-6H3. The third-order valence-electron chi connectivity index (χ3n) is 8.31. The summed E-state index contributed by atoms with van der Waals surface area (Å²) in [4.78, 5) is 0. The number of hydrogen-bond donors (Lipinski definition) is 0. The lowest BCUT2D eigenvalue weighted by Crippen LogP contribution is -2.02. The molecule has 4 nitrogen and oxygen atoms in total. The Kier molecular flexibility index (Phi) is 8.76. The van der Waals surface area contributed by atoms with Crippen LogP contribution in [-0.4, -0.2) is 0 Å². The molecule has 0 bridgehead atoms. The molecule has 0 aliphatic rings. The summed E-state index contributed by atoms with van der Waals surface area (Å²) in [6.45, 7) is 12.8. The predicted molar refractivity (Wildman–Crippen MR) is 187 cm³/mol. The molecular formula is C38H36O4P2. The molecule has 0 aromatic heterocycles. The first-order valence-corrected chi connectivity index (χ1v) is 16.3. The van der Waals surface area contributed by atoms with Crippen LogP contribution < -0.4 is 18.1 Å². The van der Waals surface area contributed by atoms with Gasteiger partial charge in [0.25, 0.3) is 18.1 Å². The van der Waals surface area contributed by atoms with Gasteiger partial charge in [-0.3, -0.25) is 0 Å². The minimum Gasteiger partial charge on any atom is -0.440 e. The molecule has 0 radical (unpaired) electrons. The van der Waals surface area contributed by atoms with E-state index in [-0.39, 0.29) is 18.1 Å². The van der Waals surface area contributed by atoms with Crippen molar-refractivity contribution >= 4 is 39.6 Å². The van der Waals surface area contributed by atoms with E-state index in [1.165, 1.54) is 11.1 Å². The van der Waals surface area contributed by atoms with Gasteiger partial charge in [0.2, 0.25) is 0 Å². The number of hydrogen-bond acceptors (Lipinski definition) is 4. The van der Waals surface area contributed by atoms with Gasteiger partial charge in [-0.05, 0) is 97.8 Å². The van der Waals surface area contributed by atoms with Gasteiger partial charge in [0.15, 0.2) is 0 Å². The molecule has 2 atom stereocenters. The maximum absolute atomic E-state index is 6.54. The summed E-state index contributed by atoms with van der Waals surface area (Å²) < 4.78 is 25.6. The zero-order valence-corrected chi connectivity index (χ0v) is 27.9. The topological polar surface area (TPSA) is 36.9 Å². The quantitative estimate of drug-likeness (QED) is 0.151. The Morgan fingerprint density at radius 3 is 1.23 bits per heavy atom. The van der Waals surface area contributed by atoms with Crippen LogP contribution in [0.2, 0.25) is 0 Å². The highest BCUT2D eigenvalue weighted by molar-refractivity contribution is 7.27. The van der Waals surface area contributed by atoms with E-state index in [0.717, 1.165) is 77.9 Å². The molecule has 0 aliphatic heterocycles. The molecule has 0 saturated heterocycles. The average Bonchev–Trinajstić information content (AvgIpc) is 3.03. The Bertz CT molecular complexity index is 1850. The lowest BCUT2D eigenvalue weighted by molar-refractivity contribution is 0.512. The van der Waals surface area contributed by atoms with Gasteiger partial charge < -0.3 is 18.1 Å². The molecule has 0 amide bonds. The van der Waals surface area contributed by atoms with E-state index >= 15 is 0 Å². The lowest BCUT2D eigenvalue weighted by atomic mass is 9.87. The van der Waals surface area contributed by atoms with Crippen molar-refractivity contribution in [2.45, 2.75) is 41.5 Å². The number of aryl methyl sites for hydroxylation is 4. The number of benzene rings is 6. The second-order valence-electron chi connectivity index (χ2n) is 11.2. The molecule has 44 heavy (non-hydrogen) atoms. The van der Waals surface area contributed by atoms with Crippen LogP contribution in [0.4, 0.5) is 0 Å². The van der Waals surface area contributed by atoms with Crippen molar-refractivity contribution in [3.63, 3.8) is 0 Å². The molecule has 0 aliphatic carbocycles. The van der Waals surface area contributed by atoms with Crippen LogP contribution in [-0.2, 0) is 0 Å². The fourth-order valence-corrected chi connectivity index (χ4v) is 7.09. The summed E-state index contributed by atoms with van der Waals surface area (Å²) in [6, 6.07) is 33.0. The highest BCUT2D eigenvalue weighted by Gasteiger charge is 2.24. The van der Waals surface area contributed by atoms with Gasteiger partial charge in [0.05, 0.1) is 0 Å². The zero-order chi connectivity index (χ0) is 30.8. The average molecular weight is 619 g/mol. The normalized spacial score (nSPS) is 11.7. The summed E-state index contributed by atoms with van der Waals surface area (Å²) in [7, 11) is -0.444. The third-order valence-corrected chi connectivity index (χ3v) is 9.49. The van der Waals surface area contributed by atoms with Crippen molar-refractivity contribution in [1.82, 2.24) is 0 Å². The molecule has 0 N–H and O–H groups in total. The summed E-state index contributed by atoms with van der Waals surface area (Å²) >= 11 is 0. The first kappa shape index (κ1) is 29.9. The second kappa shape index (κ2) is 12.9. The van der Waals surface area contributed by atoms with E-state index in [1.54, 1.807) is 0 Å². The van der Waals surface area contributed by atoms with E-state index in [0.29, 0.717) is 0 Å². The molecule has 2 unspecified atom stereocenters. The summed E-state index contributed by atoms with van der Waals surface area (Å²) in [5.74, 6) is 3.23. The highest BCUT2D eigenvalue weighted by Crippen LogP contribution is 2.49.